The summed E-state index contributed by atoms with van der Waals surface area (Å²) in [7, 11) is 0. The van der Waals surface area contributed by atoms with Crippen LogP contribution in [0.1, 0.15) is 47.5 Å². The SMILES string of the molecule is CC1CC(C)(C)[N-]C(C)(C)C1.[Y]. The fraction of sp³-hybridized carbons (Fsp3) is 1.00. The predicted molar refractivity (Wildman–Crippen MR) is 49.9 cm³/mol. The van der Waals surface area contributed by atoms with Crippen molar-refractivity contribution >= 4 is 0 Å². The molecule has 0 spiro atoms. The molecule has 0 unspecified atom stereocenters. The molecule has 0 aromatic heterocycles. The number of piperidine rings is 1. The first-order valence-electron chi connectivity index (χ1n) is 4.55. The number of nitrogens with zero attached hydrogens (tertiary/aromatic N) is 1. The first-order valence-corrected chi connectivity index (χ1v) is 4.55. The van der Waals surface area contributed by atoms with E-state index in [2.05, 4.69) is 34.6 Å². The van der Waals surface area contributed by atoms with Crippen molar-refractivity contribution in [3.63, 3.8) is 0 Å². The fourth-order valence-electron chi connectivity index (χ4n) is 2.69. The van der Waals surface area contributed by atoms with E-state index in [1.54, 1.807) is 0 Å². The quantitative estimate of drug-likeness (QED) is 0.619. The Balaban J connectivity index is 0.00000121. The minimum atomic E-state index is 0. The smallest absolute Gasteiger partial charge is 0 e. The Bertz CT molecular complexity index is 136. The van der Waals surface area contributed by atoms with E-state index in [0.717, 1.165) is 5.92 Å². The Labute approximate surface area is 102 Å². The van der Waals surface area contributed by atoms with Crippen LogP contribution < -0.4 is 0 Å². The zero-order valence-electron chi connectivity index (χ0n) is 9.02. The van der Waals surface area contributed by atoms with E-state index in [1.165, 1.54) is 12.8 Å². The van der Waals surface area contributed by atoms with E-state index in [-0.39, 0.29) is 43.8 Å². The fourth-order valence-corrected chi connectivity index (χ4v) is 2.69. The van der Waals surface area contributed by atoms with Gasteiger partial charge in [-0.1, -0.05) is 47.5 Å². The van der Waals surface area contributed by atoms with Gasteiger partial charge in [-0.3, -0.25) is 0 Å². The van der Waals surface area contributed by atoms with Crippen LogP contribution in [0.4, 0.5) is 0 Å². The van der Waals surface area contributed by atoms with E-state index in [4.69, 9.17) is 5.32 Å². The van der Waals surface area contributed by atoms with E-state index >= 15 is 0 Å². The van der Waals surface area contributed by atoms with Gasteiger partial charge in [0.2, 0.25) is 0 Å². The maximum atomic E-state index is 4.80. The van der Waals surface area contributed by atoms with Gasteiger partial charge in [0.05, 0.1) is 0 Å². The van der Waals surface area contributed by atoms with Gasteiger partial charge in [-0.25, -0.2) is 0 Å². The first-order chi connectivity index (χ1) is 4.81. The molecule has 1 radical (unpaired) electrons. The van der Waals surface area contributed by atoms with E-state index in [1.807, 2.05) is 0 Å². The third kappa shape index (κ3) is 3.85. The van der Waals surface area contributed by atoms with Crippen molar-refractivity contribution in [2.24, 2.45) is 5.92 Å². The summed E-state index contributed by atoms with van der Waals surface area (Å²) in [5.41, 5.74) is 0.419. The van der Waals surface area contributed by atoms with Crippen molar-refractivity contribution in [2.75, 3.05) is 0 Å². The van der Waals surface area contributed by atoms with Gasteiger partial charge in [0.25, 0.3) is 0 Å². The average molecular weight is 243 g/mol. The van der Waals surface area contributed by atoms with E-state index < -0.39 is 0 Å². The minimum absolute atomic E-state index is 0. The van der Waals surface area contributed by atoms with Crippen molar-refractivity contribution in [3.05, 3.63) is 5.32 Å². The van der Waals surface area contributed by atoms with Crippen molar-refractivity contribution in [1.29, 1.82) is 0 Å². The molecule has 0 aromatic carbocycles. The molecule has 1 aliphatic rings. The standard InChI is InChI=1S/C10H20N.Y/c1-8-6-9(2,3)11-10(4,5)7-8;/h8H,6-7H2,1-5H3;/q-1;. The Morgan fingerprint density at radius 2 is 1.33 bits per heavy atom. The molecule has 1 rings (SSSR count). The molecule has 1 saturated heterocycles. The summed E-state index contributed by atoms with van der Waals surface area (Å²) in [6.07, 6.45) is 2.49. The van der Waals surface area contributed by atoms with Gasteiger partial charge in [0.15, 0.2) is 0 Å². The van der Waals surface area contributed by atoms with Gasteiger partial charge in [0, 0.05) is 32.7 Å². The monoisotopic (exact) mass is 243 g/mol. The molecule has 2 heteroatoms. The molecule has 0 saturated carbocycles. The van der Waals surface area contributed by atoms with Crippen LogP contribution in [0.15, 0.2) is 0 Å². The van der Waals surface area contributed by atoms with Crippen LogP contribution >= 0.6 is 0 Å². The molecule has 1 fully saturated rings. The molecule has 12 heavy (non-hydrogen) atoms. The predicted octanol–water partition coefficient (Wildman–Crippen LogP) is 3.34. The minimum Gasteiger partial charge on any atom is -0.652 e. The molecule has 0 atom stereocenters. The Kier molecular flexibility index (Phi) is 4.42. The van der Waals surface area contributed by atoms with E-state index in [0.29, 0.717) is 0 Å². The molecule has 0 amide bonds. The zero-order valence-corrected chi connectivity index (χ0v) is 11.9. The van der Waals surface area contributed by atoms with Crippen molar-refractivity contribution in [3.8, 4) is 0 Å². The van der Waals surface area contributed by atoms with Gasteiger partial charge in [-0.15, -0.1) is 11.1 Å². The number of hydrogen-bond donors (Lipinski definition) is 0. The summed E-state index contributed by atoms with van der Waals surface area (Å²) in [6, 6.07) is 0. The topological polar surface area (TPSA) is 14.1 Å². The summed E-state index contributed by atoms with van der Waals surface area (Å²) < 4.78 is 0. The van der Waals surface area contributed by atoms with E-state index in [9.17, 15) is 0 Å². The first kappa shape index (κ1) is 13.1. The van der Waals surface area contributed by atoms with Crippen molar-refractivity contribution < 1.29 is 32.7 Å². The third-order valence-corrected chi connectivity index (χ3v) is 2.30. The van der Waals surface area contributed by atoms with Crippen molar-refractivity contribution in [1.82, 2.24) is 0 Å². The van der Waals surface area contributed by atoms with Crippen LogP contribution in [0.5, 0.6) is 0 Å². The van der Waals surface area contributed by atoms with Gasteiger partial charge in [-0.2, -0.15) is 0 Å². The van der Waals surface area contributed by atoms with Crippen LogP contribution in [0.3, 0.4) is 0 Å². The second kappa shape index (κ2) is 4.06. The molecule has 69 valence electrons. The van der Waals surface area contributed by atoms with Gasteiger partial charge < -0.3 is 5.32 Å². The molecular weight excluding hydrogens is 223 g/mol. The number of hydrogen-bond acceptors (Lipinski definition) is 0. The van der Waals surface area contributed by atoms with Gasteiger partial charge >= 0.3 is 0 Å². The van der Waals surface area contributed by atoms with Crippen molar-refractivity contribution in [2.45, 2.75) is 58.5 Å². The second-order valence-electron chi connectivity index (χ2n) is 5.25. The maximum absolute atomic E-state index is 4.80. The average Bonchev–Trinajstić information content (AvgIpc) is 1.49. The van der Waals surface area contributed by atoms with Crippen LogP contribution in [0.25, 0.3) is 5.32 Å². The molecule has 0 aromatic rings. The summed E-state index contributed by atoms with van der Waals surface area (Å²) >= 11 is 0. The second-order valence-corrected chi connectivity index (χ2v) is 5.25. The number of rotatable bonds is 0. The molecule has 0 N–H and O–H groups in total. The molecule has 1 nitrogen and oxygen atoms in total. The Morgan fingerprint density at radius 3 is 1.58 bits per heavy atom. The molecule has 1 aliphatic heterocycles. The van der Waals surface area contributed by atoms with Crippen LogP contribution in [0, 0.1) is 5.92 Å². The summed E-state index contributed by atoms with van der Waals surface area (Å²) in [4.78, 5) is 0. The van der Waals surface area contributed by atoms with Crippen LogP contribution in [-0.2, 0) is 32.7 Å². The van der Waals surface area contributed by atoms with Gasteiger partial charge in [0.1, 0.15) is 0 Å². The Hall–Kier alpha value is 1.06. The summed E-state index contributed by atoms with van der Waals surface area (Å²) in [6.45, 7) is 11.3. The van der Waals surface area contributed by atoms with Crippen LogP contribution in [-0.4, -0.2) is 11.1 Å². The molecule has 1 heterocycles. The normalized spacial score (nSPS) is 27.8. The maximum Gasteiger partial charge on any atom is 0 e. The molecular formula is C10H20NY-. The Morgan fingerprint density at radius 1 is 1.00 bits per heavy atom. The zero-order chi connectivity index (χ0) is 8.70. The summed E-state index contributed by atoms with van der Waals surface area (Å²) in [5, 5.41) is 4.80. The third-order valence-electron chi connectivity index (χ3n) is 2.30. The van der Waals surface area contributed by atoms with Crippen LogP contribution in [0.2, 0.25) is 0 Å². The van der Waals surface area contributed by atoms with Gasteiger partial charge in [-0.05, 0) is 5.92 Å². The molecule has 0 aliphatic carbocycles. The molecule has 0 bridgehead atoms. The largest absolute Gasteiger partial charge is 0.652 e. The summed E-state index contributed by atoms with van der Waals surface area (Å²) in [5.74, 6) is 0.831.